The van der Waals surface area contributed by atoms with Crippen LogP contribution in [0.2, 0.25) is 10.0 Å². The van der Waals surface area contributed by atoms with E-state index in [0.29, 0.717) is 17.2 Å². The Morgan fingerprint density at radius 3 is 2.59 bits per heavy atom. The monoisotopic (exact) mass is 347 g/mol. The molecule has 0 aliphatic carbocycles. The highest BCUT2D eigenvalue weighted by Crippen LogP contribution is 2.32. The van der Waals surface area contributed by atoms with Gasteiger partial charge in [-0.05, 0) is 39.3 Å². The third-order valence-electron chi connectivity index (χ3n) is 3.22. The van der Waals surface area contributed by atoms with Crippen molar-refractivity contribution in [2.45, 2.75) is 33.3 Å². The van der Waals surface area contributed by atoms with Crippen LogP contribution in [-0.4, -0.2) is 29.6 Å². The number of carbonyl (C=O) groups excluding carboxylic acids is 1. The van der Waals surface area contributed by atoms with Gasteiger partial charge in [-0.1, -0.05) is 29.3 Å². The van der Waals surface area contributed by atoms with Gasteiger partial charge in [0.25, 0.3) is 5.91 Å². The quantitative estimate of drug-likeness (QED) is 0.792. The molecule has 1 unspecified atom stereocenters. The molecule has 22 heavy (non-hydrogen) atoms. The maximum absolute atomic E-state index is 11.9. The van der Waals surface area contributed by atoms with Crippen LogP contribution in [0.5, 0.6) is 5.75 Å². The summed E-state index contributed by atoms with van der Waals surface area (Å²) in [6, 6.07) is 4.91. The van der Waals surface area contributed by atoms with E-state index in [1.165, 1.54) is 0 Å². The highest BCUT2D eigenvalue weighted by molar-refractivity contribution is 6.42. The van der Waals surface area contributed by atoms with Crippen molar-refractivity contribution in [2.75, 3.05) is 6.54 Å². The molecule has 0 heterocycles. The van der Waals surface area contributed by atoms with E-state index < -0.39 is 17.5 Å². The maximum atomic E-state index is 11.9. The number of amides is 1. The lowest BCUT2D eigenvalue weighted by Crippen LogP contribution is -2.39. The summed E-state index contributed by atoms with van der Waals surface area (Å²) in [4.78, 5) is 22.9. The Bertz CT molecular complexity index is 560. The molecular weight excluding hydrogens is 329 g/mol. The molecule has 1 aromatic rings. The Morgan fingerprint density at radius 2 is 2.00 bits per heavy atom. The van der Waals surface area contributed by atoms with Crippen LogP contribution in [0.4, 0.5) is 0 Å². The molecule has 0 saturated heterocycles. The van der Waals surface area contributed by atoms with Crippen LogP contribution in [-0.2, 0) is 9.59 Å². The van der Waals surface area contributed by atoms with Crippen LogP contribution in [0.15, 0.2) is 18.2 Å². The first-order chi connectivity index (χ1) is 10.1. The lowest BCUT2D eigenvalue weighted by Gasteiger charge is -2.20. The first kappa shape index (κ1) is 18.6. The molecule has 1 aromatic carbocycles. The van der Waals surface area contributed by atoms with Crippen molar-refractivity contribution in [3.63, 3.8) is 0 Å². The van der Waals surface area contributed by atoms with E-state index in [9.17, 15) is 9.59 Å². The lowest BCUT2D eigenvalue weighted by molar-refractivity contribution is -0.147. The average molecular weight is 348 g/mol. The van der Waals surface area contributed by atoms with E-state index in [2.05, 4.69) is 5.32 Å². The molecule has 0 fully saturated rings. The smallest absolute Gasteiger partial charge is 0.309 e. The normalized spacial score (nSPS) is 12.6. The zero-order valence-corrected chi connectivity index (χ0v) is 14.2. The molecule has 2 N–H and O–H groups in total. The van der Waals surface area contributed by atoms with Gasteiger partial charge in [-0.15, -0.1) is 0 Å². The summed E-state index contributed by atoms with van der Waals surface area (Å²) in [5.74, 6) is -0.934. The fourth-order valence-electron chi connectivity index (χ4n) is 1.57. The Hall–Kier alpha value is -1.46. The van der Waals surface area contributed by atoms with Gasteiger partial charge in [0.2, 0.25) is 0 Å². The first-order valence-electron chi connectivity index (χ1n) is 6.77. The second kappa shape index (κ2) is 7.70. The number of rotatable bonds is 7. The molecule has 0 bridgehead atoms. The van der Waals surface area contributed by atoms with Crippen molar-refractivity contribution in [1.82, 2.24) is 5.32 Å². The summed E-state index contributed by atoms with van der Waals surface area (Å²) in [5.41, 5.74) is -0.895. The van der Waals surface area contributed by atoms with Crippen LogP contribution in [0, 0.1) is 5.41 Å². The van der Waals surface area contributed by atoms with Crippen LogP contribution in [0.1, 0.15) is 27.2 Å². The van der Waals surface area contributed by atoms with Gasteiger partial charge in [-0.25, -0.2) is 0 Å². The maximum Gasteiger partial charge on any atom is 0.309 e. The number of carboxylic acids is 1. The van der Waals surface area contributed by atoms with Crippen LogP contribution in [0.3, 0.4) is 0 Å². The Kier molecular flexibility index (Phi) is 6.50. The molecule has 1 atom stereocenters. The van der Waals surface area contributed by atoms with Crippen molar-refractivity contribution in [3.05, 3.63) is 28.2 Å². The van der Waals surface area contributed by atoms with Crippen LogP contribution >= 0.6 is 23.2 Å². The van der Waals surface area contributed by atoms with Gasteiger partial charge < -0.3 is 15.2 Å². The first-order valence-corrected chi connectivity index (χ1v) is 7.52. The number of aliphatic carboxylic acids is 1. The second-order valence-corrected chi connectivity index (χ2v) is 6.33. The molecule has 0 aromatic heterocycles. The highest BCUT2D eigenvalue weighted by atomic mass is 35.5. The zero-order valence-electron chi connectivity index (χ0n) is 12.7. The molecule has 0 aliphatic heterocycles. The van der Waals surface area contributed by atoms with Gasteiger partial charge in [-0.3, -0.25) is 9.59 Å². The fraction of sp³-hybridized carbons (Fsp3) is 0.467. The van der Waals surface area contributed by atoms with Crippen molar-refractivity contribution in [2.24, 2.45) is 5.41 Å². The molecular formula is C15H19Cl2NO4. The molecule has 7 heteroatoms. The molecule has 0 aliphatic rings. The summed E-state index contributed by atoms with van der Waals surface area (Å²) in [7, 11) is 0. The van der Waals surface area contributed by atoms with Crippen molar-refractivity contribution in [1.29, 1.82) is 0 Å². The van der Waals surface area contributed by atoms with E-state index in [-0.39, 0.29) is 17.5 Å². The van der Waals surface area contributed by atoms with Crippen LogP contribution in [0.25, 0.3) is 0 Å². The van der Waals surface area contributed by atoms with Gasteiger partial charge >= 0.3 is 5.97 Å². The minimum atomic E-state index is -0.906. The molecule has 5 nitrogen and oxygen atoms in total. The average Bonchev–Trinajstić information content (AvgIpc) is 2.43. The number of halogens is 2. The number of hydrogen-bond acceptors (Lipinski definition) is 3. The van der Waals surface area contributed by atoms with Gasteiger partial charge in [-0.2, -0.15) is 0 Å². The standard InChI is InChI=1S/C15H19Cl2NO4/c1-9(22-11-6-4-5-10(16)12(11)17)13(19)18-8-7-15(2,3)14(20)21/h4-6,9H,7-8H2,1-3H3,(H,18,19)(H,20,21). The predicted molar refractivity (Wildman–Crippen MR) is 85.6 cm³/mol. The van der Waals surface area contributed by atoms with E-state index in [0.717, 1.165) is 0 Å². The Morgan fingerprint density at radius 1 is 1.36 bits per heavy atom. The summed E-state index contributed by atoms with van der Waals surface area (Å²) >= 11 is 11.9. The third kappa shape index (κ3) is 5.07. The second-order valence-electron chi connectivity index (χ2n) is 5.54. The summed E-state index contributed by atoms with van der Waals surface area (Å²) in [6.07, 6.45) is -0.456. The molecule has 1 rings (SSSR count). The van der Waals surface area contributed by atoms with Crippen molar-refractivity contribution in [3.8, 4) is 5.75 Å². The van der Waals surface area contributed by atoms with Gasteiger partial charge in [0, 0.05) is 6.54 Å². The minimum absolute atomic E-state index is 0.245. The molecule has 0 spiro atoms. The van der Waals surface area contributed by atoms with E-state index in [1.54, 1.807) is 39.0 Å². The summed E-state index contributed by atoms with van der Waals surface area (Å²) < 4.78 is 5.47. The summed E-state index contributed by atoms with van der Waals surface area (Å²) in [5, 5.41) is 12.2. The number of hydrogen-bond donors (Lipinski definition) is 2. The fourth-order valence-corrected chi connectivity index (χ4v) is 1.90. The van der Waals surface area contributed by atoms with Crippen molar-refractivity contribution < 1.29 is 19.4 Å². The van der Waals surface area contributed by atoms with E-state index in [1.807, 2.05) is 0 Å². The van der Waals surface area contributed by atoms with Gasteiger partial charge in [0.15, 0.2) is 6.10 Å². The van der Waals surface area contributed by atoms with E-state index in [4.69, 9.17) is 33.0 Å². The summed E-state index contributed by atoms with van der Waals surface area (Å²) in [6.45, 7) is 5.03. The Labute approximate surface area is 139 Å². The molecule has 0 radical (unpaired) electrons. The number of benzene rings is 1. The lowest BCUT2D eigenvalue weighted by atomic mass is 9.90. The number of nitrogens with one attached hydrogen (secondary N) is 1. The van der Waals surface area contributed by atoms with Gasteiger partial charge in [0.05, 0.1) is 10.4 Å². The third-order valence-corrected chi connectivity index (χ3v) is 4.02. The Balaban J connectivity index is 2.52. The largest absolute Gasteiger partial charge is 0.481 e. The predicted octanol–water partition coefficient (Wildman–Crippen LogP) is 3.38. The van der Waals surface area contributed by atoms with Crippen LogP contribution < -0.4 is 10.1 Å². The minimum Gasteiger partial charge on any atom is -0.481 e. The molecule has 1 amide bonds. The molecule has 122 valence electrons. The number of carbonyl (C=O) groups is 2. The highest BCUT2D eigenvalue weighted by Gasteiger charge is 2.27. The zero-order chi connectivity index (χ0) is 16.9. The topological polar surface area (TPSA) is 75.6 Å². The SMILES string of the molecule is CC(Oc1cccc(Cl)c1Cl)C(=O)NCCC(C)(C)C(=O)O. The van der Waals surface area contributed by atoms with E-state index >= 15 is 0 Å². The van der Waals surface area contributed by atoms with Gasteiger partial charge in [0.1, 0.15) is 10.8 Å². The molecule has 0 saturated carbocycles. The number of ether oxygens (including phenoxy) is 1. The number of carboxylic acid groups (broad SMARTS) is 1. The van der Waals surface area contributed by atoms with Crippen molar-refractivity contribution >= 4 is 35.1 Å².